The number of nitriles is 1. The van der Waals surface area contributed by atoms with E-state index in [0.29, 0.717) is 5.56 Å². The van der Waals surface area contributed by atoms with Gasteiger partial charge in [0.25, 0.3) is 0 Å². The lowest BCUT2D eigenvalue weighted by Crippen LogP contribution is -2.37. The van der Waals surface area contributed by atoms with Gasteiger partial charge in [0.2, 0.25) is 10.0 Å². The van der Waals surface area contributed by atoms with Gasteiger partial charge in [0.1, 0.15) is 10.6 Å². The van der Waals surface area contributed by atoms with E-state index >= 15 is 0 Å². The van der Waals surface area contributed by atoms with Crippen molar-refractivity contribution in [3.05, 3.63) is 23.8 Å². The van der Waals surface area contributed by atoms with Crippen LogP contribution in [0, 0.1) is 11.3 Å². The van der Waals surface area contributed by atoms with Gasteiger partial charge in [0, 0.05) is 12.6 Å². The summed E-state index contributed by atoms with van der Waals surface area (Å²) in [7, 11) is -2.35. The van der Waals surface area contributed by atoms with E-state index in [-0.39, 0.29) is 23.2 Å². The van der Waals surface area contributed by atoms with Crippen LogP contribution < -0.4 is 15.2 Å². The smallest absolute Gasteiger partial charge is 0.244 e. The number of nitrogens with two attached hydrogens (primary N) is 1. The summed E-state index contributed by atoms with van der Waals surface area (Å²) in [6, 6.07) is 5.67. The van der Waals surface area contributed by atoms with Gasteiger partial charge >= 0.3 is 0 Å². The van der Waals surface area contributed by atoms with Gasteiger partial charge in [-0.05, 0) is 25.1 Å². The lowest BCUT2D eigenvalue weighted by molar-refractivity contribution is 0.402. The monoisotopic (exact) mass is 269 g/mol. The maximum absolute atomic E-state index is 12.1. The van der Waals surface area contributed by atoms with Crippen LogP contribution in [0.4, 0.5) is 0 Å². The quantitative estimate of drug-likeness (QED) is 0.794. The molecule has 7 heteroatoms. The minimum atomic E-state index is -3.70. The summed E-state index contributed by atoms with van der Waals surface area (Å²) in [5.74, 6) is 0.130. The normalized spacial score (nSPS) is 12.8. The van der Waals surface area contributed by atoms with E-state index in [1.165, 1.54) is 25.3 Å². The maximum Gasteiger partial charge on any atom is 0.244 e. The molecular weight excluding hydrogens is 254 g/mol. The molecule has 3 N–H and O–H groups in total. The van der Waals surface area contributed by atoms with E-state index in [1.54, 1.807) is 6.92 Å². The average Bonchev–Trinajstić information content (AvgIpc) is 2.37. The van der Waals surface area contributed by atoms with E-state index in [9.17, 15) is 8.42 Å². The van der Waals surface area contributed by atoms with Crippen LogP contribution in [0.15, 0.2) is 23.1 Å². The second-order valence-electron chi connectivity index (χ2n) is 3.74. The fourth-order valence-electron chi connectivity index (χ4n) is 1.34. The van der Waals surface area contributed by atoms with Crippen LogP contribution in [0.25, 0.3) is 0 Å². The number of methoxy groups -OCH3 is 1. The van der Waals surface area contributed by atoms with Crippen molar-refractivity contribution in [2.75, 3.05) is 13.7 Å². The number of nitrogens with zero attached hydrogens (tertiary/aromatic N) is 1. The van der Waals surface area contributed by atoms with Crippen molar-refractivity contribution in [2.24, 2.45) is 5.73 Å². The molecule has 1 rings (SSSR count). The number of ether oxygens (including phenoxy) is 1. The molecule has 6 nitrogen and oxygen atoms in total. The zero-order chi connectivity index (χ0) is 13.8. The Morgan fingerprint density at radius 1 is 1.56 bits per heavy atom. The van der Waals surface area contributed by atoms with Crippen molar-refractivity contribution in [2.45, 2.75) is 17.9 Å². The summed E-state index contributed by atoms with van der Waals surface area (Å²) in [5, 5.41) is 8.75. The Hall–Kier alpha value is -1.62. The fraction of sp³-hybridized carbons (Fsp3) is 0.364. The highest BCUT2D eigenvalue weighted by atomic mass is 32.2. The molecule has 0 aromatic heterocycles. The molecule has 0 amide bonds. The Labute approximate surface area is 106 Å². The Balaban J connectivity index is 3.21. The number of rotatable bonds is 5. The lowest BCUT2D eigenvalue weighted by atomic mass is 10.2. The van der Waals surface area contributed by atoms with Crippen LogP contribution in [0.2, 0.25) is 0 Å². The van der Waals surface area contributed by atoms with Crippen LogP contribution in [-0.4, -0.2) is 28.1 Å². The Bertz CT molecular complexity index is 563. The van der Waals surface area contributed by atoms with E-state index < -0.39 is 10.0 Å². The van der Waals surface area contributed by atoms with Gasteiger partial charge in [-0.1, -0.05) is 0 Å². The molecule has 0 aliphatic heterocycles. The first kappa shape index (κ1) is 14.4. The predicted molar refractivity (Wildman–Crippen MR) is 66.5 cm³/mol. The van der Waals surface area contributed by atoms with Gasteiger partial charge in [-0.2, -0.15) is 5.26 Å². The molecule has 1 aromatic rings. The van der Waals surface area contributed by atoms with E-state index in [4.69, 9.17) is 15.7 Å². The van der Waals surface area contributed by atoms with Crippen LogP contribution in [0.5, 0.6) is 5.75 Å². The summed E-state index contributed by atoms with van der Waals surface area (Å²) in [6.07, 6.45) is 0. The van der Waals surface area contributed by atoms with Crippen molar-refractivity contribution in [1.29, 1.82) is 5.26 Å². The van der Waals surface area contributed by atoms with Gasteiger partial charge < -0.3 is 10.5 Å². The Morgan fingerprint density at radius 3 is 2.72 bits per heavy atom. The van der Waals surface area contributed by atoms with Gasteiger partial charge in [0.15, 0.2) is 0 Å². The summed E-state index contributed by atoms with van der Waals surface area (Å²) < 4.78 is 31.5. The Morgan fingerprint density at radius 2 is 2.22 bits per heavy atom. The van der Waals surface area contributed by atoms with Crippen LogP contribution >= 0.6 is 0 Å². The zero-order valence-corrected chi connectivity index (χ0v) is 11.0. The molecule has 1 atom stereocenters. The molecule has 0 aliphatic rings. The molecule has 0 unspecified atom stereocenters. The van der Waals surface area contributed by atoms with Crippen molar-refractivity contribution in [3.8, 4) is 11.8 Å². The fourth-order valence-corrected chi connectivity index (χ4v) is 2.74. The lowest BCUT2D eigenvalue weighted by Gasteiger charge is -2.14. The second-order valence-corrected chi connectivity index (χ2v) is 5.42. The molecular formula is C11H15N3O3S. The predicted octanol–water partition coefficient (Wildman–Crippen LogP) is 0.192. The van der Waals surface area contributed by atoms with E-state index in [0.717, 1.165) is 0 Å². The molecule has 0 fully saturated rings. The molecule has 18 heavy (non-hydrogen) atoms. The van der Waals surface area contributed by atoms with Crippen molar-refractivity contribution in [1.82, 2.24) is 4.72 Å². The Kier molecular flexibility index (Phi) is 4.67. The summed E-state index contributed by atoms with van der Waals surface area (Å²) in [4.78, 5) is -0.00991. The van der Waals surface area contributed by atoms with Gasteiger partial charge in [-0.25, -0.2) is 13.1 Å². The number of benzene rings is 1. The maximum atomic E-state index is 12.1. The largest absolute Gasteiger partial charge is 0.495 e. The third-order valence-corrected chi connectivity index (χ3v) is 3.92. The first-order chi connectivity index (χ1) is 8.44. The molecule has 0 aliphatic carbocycles. The first-order valence-electron chi connectivity index (χ1n) is 5.25. The molecule has 0 saturated carbocycles. The molecule has 98 valence electrons. The molecule has 0 heterocycles. The highest BCUT2D eigenvalue weighted by molar-refractivity contribution is 7.89. The number of hydrogen-bond donors (Lipinski definition) is 2. The third-order valence-electron chi connectivity index (χ3n) is 2.29. The van der Waals surface area contributed by atoms with Crippen LogP contribution in [0.1, 0.15) is 12.5 Å². The minimum absolute atomic E-state index is 0.00991. The summed E-state index contributed by atoms with van der Waals surface area (Å²) in [5.41, 5.74) is 5.70. The third kappa shape index (κ3) is 3.20. The molecule has 0 radical (unpaired) electrons. The van der Waals surface area contributed by atoms with Crippen molar-refractivity contribution >= 4 is 10.0 Å². The summed E-state index contributed by atoms with van der Waals surface area (Å²) in [6.45, 7) is 1.85. The van der Waals surface area contributed by atoms with Gasteiger partial charge in [-0.15, -0.1) is 0 Å². The second kappa shape index (κ2) is 5.82. The summed E-state index contributed by atoms with van der Waals surface area (Å²) >= 11 is 0. The highest BCUT2D eigenvalue weighted by Gasteiger charge is 2.21. The van der Waals surface area contributed by atoms with Crippen LogP contribution in [0.3, 0.4) is 0 Å². The van der Waals surface area contributed by atoms with Crippen LogP contribution in [-0.2, 0) is 10.0 Å². The number of sulfonamides is 1. The zero-order valence-electron chi connectivity index (χ0n) is 10.2. The van der Waals surface area contributed by atoms with E-state index in [1.807, 2.05) is 6.07 Å². The van der Waals surface area contributed by atoms with Crippen molar-refractivity contribution in [3.63, 3.8) is 0 Å². The molecule has 0 bridgehead atoms. The topological polar surface area (TPSA) is 105 Å². The SMILES string of the molecule is COc1cc(C#N)ccc1S(=O)(=O)N[C@H](C)CN. The van der Waals surface area contributed by atoms with Gasteiger partial charge in [-0.3, -0.25) is 0 Å². The molecule has 1 aromatic carbocycles. The number of hydrogen-bond acceptors (Lipinski definition) is 5. The van der Waals surface area contributed by atoms with E-state index in [2.05, 4.69) is 4.72 Å². The van der Waals surface area contributed by atoms with Gasteiger partial charge in [0.05, 0.1) is 18.7 Å². The molecule has 0 saturated heterocycles. The first-order valence-corrected chi connectivity index (χ1v) is 6.73. The number of nitrogens with one attached hydrogen (secondary N) is 1. The average molecular weight is 269 g/mol. The highest BCUT2D eigenvalue weighted by Crippen LogP contribution is 2.24. The minimum Gasteiger partial charge on any atom is -0.495 e. The van der Waals surface area contributed by atoms with Crippen molar-refractivity contribution < 1.29 is 13.2 Å². The molecule has 0 spiro atoms. The standard InChI is InChI=1S/C11H15N3O3S/c1-8(6-12)14-18(15,16)11-4-3-9(7-13)5-10(11)17-2/h3-5,8,14H,6,12H2,1-2H3/t8-/m1/s1.